The number of nitrogens with one attached hydrogen (secondary N) is 1. The number of hydrogen-bond donors (Lipinski definition) is 1. The lowest BCUT2D eigenvalue weighted by molar-refractivity contribution is -0.118. The van der Waals surface area contributed by atoms with Gasteiger partial charge in [0, 0.05) is 16.1 Å². The predicted molar refractivity (Wildman–Crippen MR) is 140 cm³/mol. The number of nitrogens with zero attached hydrogens (tertiary/aromatic N) is 2. The average molecular weight is 482 g/mol. The fourth-order valence-corrected chi connectivity index (χ4v) is 4.95. The van der Waals surface area contributed by atoms with Crippen LogP contribution in [-0.4, -0.2) is 15.5 Å². The summed E-state index contributed by atoms with van der Waals surface area (Å²) in [7, 11) is 0. The van der Waals surface area contributed by atoms with Crippen LogP contribution in [0.3, 0.4) is 0 Å². The fourth-order valence-electron chi connectivity index (χ4n) is 3.95. The van der Waals surface area contributed by atoms with Crippen LogP contribution in [0.4, 0.5) is 5.69 Å². The van der Waals surface area contributed by atoms with Crippen molar-refractivity contribution in [2.75, 3.05) is 5.32 Å². The lowest BCUT2D eigenvalue weighted by Gasteiger charge is -2.15. The second kappa shape index (κ2) is 9.56. The Bertz CT molecular complexity index is 1540. The van der Waals surface area contributed by atoms with E-state index < -0.39 is 6.04 Å². The van der Waals surface area contributed by atoms with E-state index in [9.17, 15) is 9.59 Å². The largest absolute Gasteiger partial charge is 0.457 e. The Hall–Kier alpha value is -4.23. The van der Waals surface area contributed by atoms with Crippen LogP contribution in [0, 0.1) is 6.92 Å². The van der Waals surface area contributed by atoms with Gasteiger partial charge in [-0.3, -0.25) is 14.2 Å². The maximum Gasteiger partial charge on any atom is 0.263 e. The van der Waals surface area contributed by atoms with Gasteiger partial charge in [-0.05, 0) is 55.8 Å². The van der Waals surface area contributed by atoms with Crippen molar-refractivity contribution in [2.24, 2.45) is 0 Å². The van der Waals surface area contributed by atoms with E-state index in [1.807, 2.05) is 67.6 Å². The number of ether oxygens (including phenoxy) is 1. The molecule has 6 nitrogen and oxygen atoms in total. The molecule has 35 heavy (non-hydrogen) atoms. The maximum absolute atomic E-state index is 13.5. The number of aromatic nitrogens is 2. The van der Waals surface area contributed by atoms with Gasteiger partial charge < -0.3 is 10.1 Å². The summed E-state index contributed by atoms with van der Waals surface area (Å²) in [5, 5.41) is 3.42. The normalized spacial score (nSPS) is 11.8. The number of carbonyl (C=O) groups is 1. The van der Waals surface area contributed by atoms with Crippen LogP contribution >= 0.6 is 11.3 Å². The van der Waals surface area contributed by atoms with Gasteiger partial charge in [-0.2, -0.15) is 0 Å². The van der Waals surface area contributed by atoms with E-state index in [0.29, 0.717) is 21.7 Å². The van der Waals surface area contributed by atoms with Gasteiger partial charge in [-0.25, -0.2) is 4.98 Å². The molecule has 1 atom stereocenters. The molecule has 0 bridgehead atoms. The average Bonchev–Trinajstić information content (AvgIpc) is 3.23. The molecular formula is C28H23N3O3S. The summed E-state index contributed by atoms with van der Waals surface area (Å²) >= 11 is 1.48. The Morgan fingerprint density at radius 2 is 1.57 bits per heavy atom. The highest BCUT2D eigenvalue weighted by molar-refractivity contribution is 7.19. The number of hydrogen-bond acceptors (Lipinski definition) is 5. The Morgan fingerprint density at radius 1 is 0.943 bits per heavy atom. The van der Waals surface area contributed by atoms with Crippen molar-refractivity contribution in [1.82, 2.24) is 9.55 Å². The van der Waals surface area contributed by atoms with Crippen molar-refractivity contribution < 1.29 is 9.53 Å². The molecule has 0 aliphatic heterocycles. The molecule has 3 aromatic carbocycles. The molecule has 0 aliphatic carbocycles. The molecule has 0 fully saturated rings. The van der Waals surface area contributed by atoms with Gasteiger partial charge in [0.05, 0.1) is 11.7 Å². The van der Waals surface area contributed by atoms with E-state index in [4.69, 9.17) is 4.74 Å². The number of para-hydroxylation sites is 1. The van der Waals surface area contributed by atoms with Crippen LogP contribution in [0.2, 0.25) is 0 Å². The molecule has 174 valence electrons. The van der Waals surface area contributed by atoms with Crippen molar-refractivity contribution in [3.8, 4) is 22.6 Å². The van der Waals surface area contributed by atoms with E-state index >= 15 is 0 Å². The van der Waals surface area contributed by atoms with Crippen LogP contribution in [0.25, 0.3) is 21.3 Å². The Balaban J connectivity index is 1.38. The molecule has 1 unspecified atom stereocenters. The minimum atomic E-state index is -0.747. The lowest BCUT2D eigenvalue weighted by atomic mass is 10.0. The molecular weight excluding hydrogens is 458 g/mol. The van der Waals surface area contributed by atoms with E-state index in [1.54, 1.807) is 31.2 Å². The summed E-state index contributed by atoms with van der Waals surface area (Å²) in [6, 6.07) is 25.6. The third-order valence-electron chi connectivity index (χ3n) is 5.77. The van der Waals surface area contributed by atoms with Crippen molar-refractivity contribution >= 4 is 33.1 Å². The van der Waals surface area contributed by atoms with Crippen LogP contribution in [0.1, 0.15) is 17.8 Å². The number of carbonyl (C=O) groups excluding carboxylic acids is 1. The second-order valence-electron chi connectivity index (χ2n) is 8.14. The first-order valence-corrected chi connectivity index (χ1v) is 12.0. The van der Waals surface area contributed by atoms with Gasteiger partial charge in [-0.15, -0.1) is 11.3 Å². The molecule has 0 spiro atoms. The highest BCUT2D eigenvalue weighted by atomic mass is 32.1. The van der Waals surface area contributed by atoms with Crippen LogP contribution in [0.15, 0.2) is 96.1 Å². The zero-order valence-electron chi connectivity index (χ0n) is 19.3. The molecule has 0 aliphatic rings. The van der Waals surface area contributed by atoms with Crippen molar-refractivity contribution in [3.05, 3.63) is 106 Å². The summed E-state index contributed by atoms with van der Waals surface area (Å²) in [4.78, 5) is 32.7. The second-order valence-corrected chi connectivity index (χ2v) is 9.34. The summed E-state index contributed by atoms with van der Waals surface area (Å²) < 4.78 is 7.19. The summed E-state index contributed by atoms with van der Waals surface area (Å²) in [6.07, 6.45) is 1.45. The third-order valence-corrected chi connectivity index (χ3v) is 6.79. The van der Waals surface area contributed by atoms with Crippen LogP contribution in [0.5, 0.6) is 11.5 Å². The topological polar surface area (TPSA) is 73.2 Å². The number of benzene rings is 3. The van der Waals surface area contributed by atoms with E-state index in [2.05, 4.69) is 10.3 Å². The van der Waals surface area contributed by atoms with Crippen LogP contribution < -0.4 is 15.6 Å². The molecule has 0 saturated carbocycles. The highest BCUT2D eigenvalue weighted by Crippen LogP contribution is 2.35. The van der Waals surface area contributed by atoms with Crippen molar-refractivity contribution in [1.29, 1.82) is 0 Å². The van der Waals surface area contributed by atoms with Crippen molar-refractivity contribution in [3.63, 3.8) is 0 Å². The Kier molecular flexibility index (Phi) is 6.16. The molecule has 0 saturated heterocycles. The minimum Gasteiger partial charge on any atom is -0.457 e. The molecule has 0 radical (unpaired) electrons. The highest BCUT2D eigenvalue weighted by Gasteiger charge is 2.22. The van der Waals surface area contributed by atoms with Gasteiger partial charge in [0.15, 0.2) is 0 Å². The van der Waals surface area contributed by atoms with Crippen molar-refractivity contribution in [2.45, 2.75) is 19.9 Å². The smallest absolute Gasteiger partial charge is 0.263 e. The van der Waals surface area contributed by atoms with Crippen LogP contribution in [-0.2, 0) is 4.79 Å². The zero-order valence-corrected chi connectivity index (χ0v) is 20.1. The first kappa shape index (κ1) is 22.6. The molecule has 5 rings (SSSR count). The Morgan fingerprint density at radius 3 is 2.26 bits per heavy atom. The summed E-state index contributed by atoms with van der Waals surface area (Å²) in [6.45, 7) is 3.68. The van der Waals surface area contributed by atoms with Gasteiger partial charge >= 0.3 is 0 Å². The van der Waals surface area contributed by atoms with Gasteiger partial charge in [0.1, 0.15) is 22.4 Å². The number of amides is 1. The number of rotatable bonds is 6. The SMILES string of the molecule is Cc1sc2ncn(C(C)C(=O)Nc3ccc(Oc4ccccc4)cc3)c(=O)c2c1-c1ccccc1. The van der Waals surface area contributed by atoms with Gasteiger partial charge in [-0.1, -0.05) is 48.5 Å². The molecule has 2 heterocycles. The molecule has 1 N–H and O–H groups in total. The predicted octanol–water partition coefficient (Wildman–Crippen LogP) is 6.43. The number of aryl methyl sites for hydroxylation is 1. The quantitative estimate of drug-likeness (QED) is 0.303. The standard InChI is InChI=1S/C28H23N3O3S/c1-18(26(32)30-21-13-15-23(16-14-21)34-22-11-7-4-8-12-22)31-17-29-27-25(28(31)33)24(19(2)35-27)20-9-5-3-6-10-20/h3-18H,1-2H3,(H,30,32). The summed E-state index contributed by atoms with van der Waals surface area (Å²) in [5.41, 5.74) is 2.22. The number of thiophene rings is 1. The Labute approximate surface area is 206 Å². The molecule has 5 aromatic rings. The molecule has 1 amide bonds. The number of anilines is 1. The van der Waals surface area contributed by atoms with E-state index in [0.717, 1.165) is 21.8 Å². The first-order valence-electron chi connectivity index (χ1n) is 11.2. The first-order chi connectivity index (χ1) is 17.0. The monoisotopic (exact) mass is 481 g/mol. The maximum atomic E-state index is 13.5. The van der Waals surface area contributed by atoms with E-state index in [-0.39, 0.29) is 11.5 Å². The third kappa shape index (κ3) is 4.58. The lowest BCUT2D eigenvalue weighted by Crippen LogP contribution is -2.31. The molecule has 2 aromatic heterocycles. The zero-order chi connectivity index (χ0) is 24.4. The summed E-state index contributed by atoms with van der Waals surface area (Å²) in [5.74, 6) is 1.09. The minimum absolute atomic E-state index is 0.229. The number of fused-ring (bicyclic) bond motifs is 1. The molecule has 7 heteroatoms. The van der Waals surface area contributed by atoms with E-state index in [1.165, 1.54) is 22.2 Å². The van der Waals surface area contributed by atoms with Gasteiger partial charge in [0.2, 0.25) is 5.91 Å². The fraction of sp³-hybridized carbons (Fsp3) is 0.107. The van der Waals surface area contributed by atoms with Gasteiger partial charge in [0.25, 0.3) is 5.56 Å².